The summed E-state index contributed by atoms with van der Waals surface area (Å²) in [5.41, 5.74) is -5.06. The van der Waals surface area contributed by atoms with E-state index in [0.717, 1.165) is 0 Å². The van der Waals surface area contributed by atoms with Crippen LogP contribution < -0.4 is 0 Å². The third-order valence-corrected chi connectivity index (χ3v) is 3.48. The summed E-state index contributed by atoms with van der Waals surface area (Å²) in [4.78, 5) is 0. The average molecular weight is 462 g/mol. The SMILES string of the molecule is N#CC(C#N)(CC(F)(F)C(F)(F)C(F)(F)F)C(F)C(F)(F)C(F)(F)C(F)C(F)F. The molecule has 0 spiro atoms. The molecule has 0 fully saturated rings. The highest BCUT2D eigenvalue weighted by atomic mass is 19.4. The smallest absolute Gasteiger partial charge is 0.238 e. The van der Waals surface area contributed by atoms with E-state index in [1.54, 1.807) is 0 Å². The predicted molar refractivity (Wildman–Crippen MR) is 59.9 cm³/mol. The van der Waals surface area contributed by atoms with E-state index in [1.807, 2.05) is 0 Å². The average Bonchev–Trinajstić information content (AvgIpc) is 2.56. The lowest BCUT2D eigenvalue weighted by molar-refractivity contribution is -0.360. The molecule has 2 atom stereocenters. The van der Waals surface area contributed by atoms with Crippen molar-refractivity contribution in [3.63, 3.8) is 0 Å². The number of halogens is 15. The minimum Gasteiger partial charge on any atom is -0.238 e. The largest absolute Gasteiger partial charge is 0.459 e. The van der Waals surface area contributed by atoms with Crippen LogP contribution >= 0.6 is 0 Å². The number of hydrogen-bond acceptors (Lipinski definition) is 2. The van der Waals surface area contributed by atoms with Crippen LogP contribution in [-0.4, -0.2) is 48.6 Å². The van der Waals surface area contributed by atoms with Gasteiger partial charge in [-0.05, 0) is 0 Å². The fourth-order valence-corrected chi connectivity index (χ4v) is 1.80. The van der Waals surface area contributed by atoms with Gasteiger partial charge in [-0.1, -0.05) is 0 Å². The van der Waals surface area contributed by atoms with Crippen LogP contribution in [0.1, 0.15) is 6.42 Å². The molecule has 17 heteroatoms. The Kier molecular flexibility index (Phi) is 7.09. The Balaban J connectivity index is 6.42. The van der Waals surface area contributed by atoms with Gasteiger partial charge in [0.1, 0.15) is 0 Å². The molecule has 0 saturated carbocycles. The molecule has 0 aliphatic rings. The summed E-state index contributed by atoms with van der Waals surface area (Å²) in [6.07, 6.45) is -26.4. The van der Waals surface area contributed by atoms with Gasteiger partial charge in [0.15, 0.2) is 5.41 Å². The first kappa shape index (κ1) is 26.9. The van der Waals surface area contributed by atoms with E-state index in [-0.39, 0.29) is 12.1 Å². The van der Waals surface area contributed by atoms with Gasteiger partial charge in [-0.25, -0.2) is 17.6 Å². The highest BCUT2D eigenvalue weighted by Gasteiger charge is 2.78. The van der Waals surface area contributed by atoms with Crippen LogP contribution in [0.3, 0.4) is 0 Å². The summed E-state index contributed by atoms with van der Waals surface area (Å²) >= 11 is 0. The molecule has 0 rings (SSSR count). The van der Waals surface area contributed by atoms with Crippen LogP contribution in [0, 0.1) is 28.1 Å². The summed E-state index contributed by atoms with van der Waals surface area (Å²) in [5.74, 6) is -27.5. The highest BCUT2D eigenvalue weighted by Crippen LogP contribution is 2.55. The van der Waals surface area contributed by atoms with Gasteiger partial charge in [0.2, 0.25) is 12.3 Å². The van der Waals surface area contributed by atoms with Gasteiger partial charge in [0.05, 0.1) is 18.6 Å². The first-order chi connectivity index (χ1) is 12.6. The van der Waals surface area contributed by atoms with E-state index in [9.17, 15) is 65.9 Å². The van der Waals surface area contributed by atoms with E-state index in [1.165, 1.54) is 0 Å². The van der Waals surface area contributed by atoms with Crippen LogP contribution in [0.25, 0.3) is 0 Å². The van der Waals surface area contributed by atoms with Gasteiger partial charge in [0.25, 0.3) is 6.43 Å². The Morgan fingerprint density at radius 1 is 0.655 bits per heavy atom. The predicted octanol–water partition coefficient (Wildman–Crippen LogP) is 5.45. The molecule has 0 heterocycles. The van der Waals surface area contributed by atoms with Gasteiger partial charge in [-0.3, -0.25) is 0 Å². The summed E-state index contributed by atoms with van der Waals surface area (Å²) in [5, 5.41) is 16.9. The minimum absolute atomic E-state index is 0.149. The molecule has 0 aromatic carbocycles. The number of nitriles is 2. The number of rotatable bonds is 8. The van der Waals surface area contributed by atoms with Crippen molar-refractivity contribution in [2.75, 3.05) is 0 Å². The quantitative estimate of drug-likeness (QED) is 0.451. The normalized spacial score (nSPS) is 16.9. The Labute approximate surface area is 150 Å². The van der Waals surface area contributed by atoms with Crippen LogP contribution in [0.5, 0.6) is 0 Å². The second kappa shape index (κ2) is 7.64. The standard InChI is InChI=1S/C12H5F15N2/c13-4(5(14)15)9(19,20)10(21,22)6(16)7(2-28,3-29)1-8(17,18)11(23,24)12(25,26)27/h4-6H,1H2. The summed E-state index contributed by atoms with van der Waals surface area (Å²) in [7, 11) is 0. The van der Waals surface area contributed by atoms with Gasteiger partial charge < -0.3 is 0 Å². The van der Waals surface area contributed by atoms with Crippen molar-refractivity contribution >= 4 is 0 Å². The number of hydrogen-bond donors (Lipinski definition) is 0. The lowest BCUT2D eigenvalue weighted by Crippen LogP contribution is -2.61. The van der Waals surface area contributed by atoms with Gasteiger partial charge in [-0.15, -0.1) is 0 Å². The second-order valence-electron chi connectivity index (χ2n) is 5.49. The third kappa shape index (κ3) is 4.28. The first-order valence-corrected chi connectivity index (χ1v) is 6.56. The topological polar surface area (TPSA) is 47.6 Å². The van der Waals surface area contributed by atoms with Crippen molar-refractivity contribution in [2.24, 2.45) is 5.41 Å². The van der Waals surface area contributed by atoms with E-state index in [2.05, 4.69) is 0 Å². The van der Waals surface area contributed by atoms with E-state index >= 15 is 0 Å². The van der Waals surface area contributed by atoms with Crippen LogP contribution in [0.4, 0.5) is 65.9 Å². The summed E-state index contributed by atoms with van der Waals surface area (Å²) in [6, 6.07) is -0.298. The first-order valence-electron chi connectivity index (χ1n) is 6.56. The lowest BCUT2D eigenvalue weighted by Gasteiger charge is -2.37. The maximum atomic E-state index is 13.9. The highest BCUT2D eigenvalue weighted by molar-refractivity contribution is 5.24. The zero-order chi connectivity index (χ0) is 23.9. The van der Waals surface area contributed by atoms with Gasteiger partial charge >= 0.3 is 29.9 Å². The molecule has 29 heavy (non-hydrogen) atoms. The Morgan fingerprint density at radius 2 is 1.03 bits per heavy atom. The minimum atomic E-state index is -7.16. The molecule has 0 aromatic heterocycles. The van der Waals surface area contributed by atoms with E-state index < -0.39 is 60.5 Å². The fourth-order valence-electron chi connectivity index (χ4n) is 1.80. The van der Waals surface area contributed by atoms with Gasteiger partial charge in [0, 0.05) is 0 Å². The van der Waals surface area contributed by atoms with Crippen molar-refractivity contribution in [3.05, 3.63) is 0 Å². The summed E-state index contributed by atoms with van der Waals surface area (Å²) in [6.45, 7) is 0. The number of alkyl halides is 15. The molecule has 0 radical (unpaired) electrons. The molecule has 0 saturated heterocycles. The molecule has 2 unspecified atom stereocenters. The van der Waals surface area contributed by atoms with Crippen LogP contribution in [0.15, 0.2) is 0 Å². The lowest BCUT2D eigenvalue weighted by atomic mass is 9.75. The Hall–Kier alpha value is -2.07. The Morgan fingerprint density at radius 3 is 1.31 bits per heavy atom. The molecular formula is C12H5F15N2. The van der Waals surface area contributed by atoms with Crippen molar-refractivity contribution in [2.45, 2.75) is 55.1 Å². The van der Waals surface area contributed by atoms with Crippen molar-refractivity contribution < 1.29 is 65.9 Å². The molecule has 0 aliphatic heterocycles. The second-order valence-corrected chi connectivity index (χ2v) is 5.49. The van der Waals surface area contributed by atoms with E-state index in [0.29, 0.717) is 0 Å². The molecule has 2 nitrogen and oxygen atoms in total. The van der Waals surface area contributed by atoms with Gasteiger partial charge in [-0.2, -0.15) is 58.8 Å². The van der Waals surface area contributed by atoms with E-state index in [4.69, 9.17) is 10.5 Å². The third-order valence-electron chi connectivity index (χ3n) is 3.48. The van der Waals surface area contributed by atoms with Crippen LogP contribution in [-0.2, 0) is 0 Å². The summed E-state index contributed by atoms with van der Waals surface area (Å²) < 4.78 is 192. The maximum absolute atomic E-state index is 13.9. The number of nitrogens with zero attached hydrogens (tertiary/aromatic N) is 2. The molecular weight excluding hydrogens is 457 g/mol. The molecule has 168 valence electrons. The zero-order valence-electron chi connectivity index (χ0n) is 13.0. The molecule has 0 N–H and O–H groups in total. The molecule has 0 aliphatic carbocycles. The van der Waals surface area contributed by atoms with Crippen molar-refractivity contribution in [1.29, 1.82) is 10.5 Å². The molecule has 0 aromatic rings. The maximum Gasteiger partial charge on any atom is 0.459 e. The molecule has 0 bridgehead atoms. The monoisotopic (exact) mass is 462 g/mol. The Bertz CT molecular complexity index is 654. The van der Waals surface area contributed by atoms with Crippen LogP contribution in [0.2, 0.25) is 0 Å². The fraction of sp³-hybridized carbons (Fsp3) is 0.833. The van der Waals surface area contributed by atoms with Crippen molar-refractivity contribution in [3.8, 4) is 12.1 Å². The zero-order valence-corrected chi connectivity index (χ0v) is 13.0. The molecule has 0 amide bonds. The van der Waals surface area contributed by atoms with Crippen molar-refractivity contribution in [1.82, 2.24) is 0 Å².